The van der Waals surface area contributed by atoms with Crippen molar-refractivity contribution in [3.8, 4) is 5.75 Å². The van der Waals surface area contributed by atoms with E-state index in [1.165, 1.54) is 0 Å². The quantitative estimate of drug-likeness (QED) is 0.600. The highest BCUT2D eigenvalue weighted by Crippen LogP contribution is 2.15. The van der Waals surface area contributed by atoms with Crippen molar-refractivity contribution in [3.05, 3.63) is 29.3 Å². The summed E-state index contributed by atoms with van der Waals surface area (Å²) in [6.45, 7) is 6.42. The third-order valence-electron chi connectivity index (χ3n) is 3.97. The first-order valence-corrected chi connectivity index (χ1v) is 8.75. The molecule has 1 heterocycles. The number of benzene rings is 1. The first-order chi connectivity index (χ1) is 11.7. The van der Waals surface area contributed by atoms with Crippen molar-refractivity contribution in [2.75, 3.05) is 65.7 Å². The van der Waals surface area contributed by atoms with Crippen LogP contribution in [0, 0.1) is 0 Å². The van der Waals surface area contributed by atoms with E-state index in [1.54, 1.807) is 12.1 Å². The van der Waals surface area contributed by atoms with E-state index in [0.29, 0.717) is 31.4 Å². The van der Waals surface area contributed by atoms with Crippen LogP contribution in [0.3, 0.4) is 0 Å². The van der Waals surface area contributed by atoms with E-state index in [-0.39, 0.29) is 6.61 Å². The summed E-state index contributed by atoms with van der Waals surface area (Å²) in [6.07, 6.45) is -0.495. The summed E-state index contributed by atoms with van der Waals surface area (Å²) in [6, 6.07) is 7.19. The Morgan fingerprint density at radius 3 is 2.38 bits per heavy atom. The van der Waals surface area contributed by atoms with Gasteiger partial charge in [-0.2, -0.15) is 0 Å². The van der Waals surface area contributed by atoms with Crippen LogP contribution in [0.15, 0.2) is 24.3 Å². The van der Waals surface area contributed by atoms with Gasteiger partial charge in [-0.1, -0.05) is 11.6 Å². The Balaban J connectivity index is 1.51. The van der Waals surface area contributed by atoms with E-state index < -0.39 is 6.10 Å². The maximum absolute atomic E-state index is 10.0. The first kappa shape index (κ1) is 19.4. The summed E-state index contributed by atoms with van der Waals surface area (Å²) in [5.41, 5.74) is 0. The Labute approximate surface area is 148 Å². The number of hydrogen-bond donors (Lipinski definition) is 2. The molecule has 1 atom stereocenters. The van der Waals surface area contributed by atoms with Crippen molar-refractivity contribution in [1.82, 2.24) is 9.80 Å². The molecule has 1 aromatic carbocycles. The fourth-order valence-electron chi connectivity index (χ4n) is 2.66. The van der Waals surface area contributed by atoms with Crippen LogP contribution in [-0.4, -0.2) is 91.8 Å². The Hall–Kier alpha value is -0.890. The summed E-state index contributed by atoms with van der Waals surface area (Å²) in [5.74, 6) is 0.754. The van der Waals surface area contributed by atoms with Crippen molar-refractivity contribution in [2.45, 2.75) is 6.10 Å². The van der Waals surface area contributed by atoms with Gasteiger partial charge in [-0.15, -0.1) is 0 Å². The number of rotatable bonds is 10. The van der Waals surface area contributed by atoms with Gasteiger partial charge in [0.15, 0.2) is 0 Å². The second-order valence-electron chi connectivity index (χ2n) is 5.90. The van der Waals surface area contributed by atoms with Gasteiger partial charge in [-0.25, -0.2) is 0 Å². The summed E-state index contributed by atoms with van der Waals surface area (Å²) < 4.78 is 11.0. The maximum Gasteiger partial charge on any atom is 0.119 e. The summed E-state index contributed by atoms with van der Waals surface area (Å²) in [4.78, 5) is 4.46. The van der Waals surface area contributed by atoms with Crippen LogP contribution in [0.4, 0.5) is 0 Å². The molecule has 24 heavy (non-hydrogen) atoms. The number of aliphatic hydroxyl groups excluding tert-OH is 2. The predicted octanol–water partition coefficient (Wildman–Crippen LogP) is 0.706. The number of nitrogens with zero attached hydrogens (tertiary/aromatic N) is 2. The molecule has 0 aromatic heterocycles. The number of hydrogen-bond acceptors (Lipinski definition) is 6. The van der Waals surface area contributed by atoms with E-state index in [9.17, 15) is 5.11 Å². The Morgan fingerprint density at radius 2 is 1.71 bits per heavy atom. The molecule has 1 aliphatic rings. The number of piperazine rings is 1. The van der Waals surface area contributed by atoms with Crippen molar-refractivity contribution < 1.29 is 19.7 Å². The fraction of sp³-hybridized carbons (Fsp3) is 0.647. The van der Waals surface area contributed by atoms with Gasteiger partial charge < -0.3 is 19.7 Å². The first-order valence-electron chi connectivity index (χ1n) is 8.37. The zero-order chi connectivity index (χ0) is 17.2. The van der Waals surface area contributed by atoms with Crippen molar-refractivity contribution >= 4 is 11.6 Å². The molecule has 0 spiro atoms. The SMILES string of the molecule is OCCN1CCN(C[C@H](O)COCCOc2ccc(Cl)cc2)CC1. The van der Waals surface area contributed by atoms with Crippen molar-refractivity contribution in [2.24, 2.45) is 0 Å². The minimum absolute atomic E-state index is 0.203. The monoisotopic (exact) mass is 358 g/mol. The average molecular weight is 359 g/mol. The van der Waals surface area contributed by atoms with E-state index in [2.05, 4.69) is 9.80 Å². The van der Waals surface area contributed by atoms with Crippen LogP contribution < -0.4 is 4.74 Å². The minimum Gasteiger partial charge on any atom is -0.491 e. The van der Waals surface area contributed by atoms with Gasteiger partial charge >= 0.3 is 0 Å². The lowest BCUT2D eigenvalue weighted by Gasteiger charge is -2.35. The lowest BCUT2D eigenvalue weighted by atomic mass is 10.2. The molecule has 0 bridgehead atoms. The van der Waals surface area contributed by atoms with Gasteiger partial charge in [0.25, 0.3) is 0 Å². The molecule has 0 radical (unpaired) electrons. The third-order valence-corrected chi connectivity index (χ3v) is 4.22. The normalized spacial score (nSPS) is 17.8. The van der Waals surface area contributed by atoms with Gasteiger partial charge in [0, 0.05) is 44.3 Å². The van der Waals surface area contributed by atoms with E-state index >= 15 is 0 Å². The molecular weight excluding hydrogens is 332 g/mol. The molecular formula is C17H27ClN2O4. The van der Waals surface area contributed by atoms with Crippen LogP contribution in [-0.2, 0) is 4.74 Å². The molecule has 0 aliphatic carbocycles. The van der Waals surface area contributed by atoms with Crippen LogP contribution in [0.1, 0.15) is 0 Å². The molecule has 0 saturated carbocycles. The maximum atomic E-state index is 10.0. The molecule has 1 aromatic rings. The highest BCUT2D eigenvalue weighted by molar-refractivity contribution is 6.30. The fourth-order valence-corrected chi connectivity index (χ4v) is 2.78. The summed E-state index contributed by atoms with van der Waals surface area (Å²) in [5, 5.41) is 19.6. The van der Waals surface area contributed by atoms with Crippen LogP contribution in [0.5, 0.6) is 5.75 Å². The highest BCUT2D eigenvalue weighted by atomic mass is 35.5. The van der Waals surface area contributed by atoms with Crippen LogP contribution in [0.2, 0.25) is 5.02 Å². The Morgan fingerprint density at radius 1 is 1.04 bits per heavy atom. The van der Waals surface area contributed by atoms with Gasteiger partial charge in [-0.05, 0) is 24.3 Å². The molecule has 1 saturated heterocycles. The van der Waals surface area contributed by atoms with E-state index in [4.69, 9.17) is 26.2 Å². The average Bonchev–Trinajstić information content (AvgIpc) is 2.58. The zero-order valence-electron chi connectivity index (χ0n) is 13.9. The van der Waals surface area contributed by atoms with E-state index in [1.807, 2.05) is 12.1 Å². The van der Waals surface area contributed by atoms with Crippen molar-refractivity contribution in [1.29, 1.82) is 0 Å². The summed E-state index contributed by atoms with van der Waals surface area (Å²) in [7, 11) is 0. The molecule has 136 valence electrons. The molecule has 2 rings (SSSR count). The largest absolute Gasteiger partial charge is 0.491 e. The predicted molar refractivity (Wildman–Crippen MR) is 93.7 cm³/mol. The standard InChI is InChI=1S/C17H27ClN2O4/c18-15-1-3-17(4-2-15)24-12-11-23-14-16(22)13-20-7-5-19(6-8-20)9-10-21/h1-4,16,21-22H,5-14H2/t16-/m0/s1. The zero-order valence-corrected chi connectivity index (χ0v) is 14.7. The number of halogens is 1. The van der Waals surface area contributed by atoms with Crippen LogP contribution >= 0.6 is 11.6 Å². The van der Waals surface area contributed by atoms with Crippen molar-refractivity contribution in [3.63, 3.8) is 0 Å². The Kier molecular flexibility index (Phi) is 8.80. The lowest BCUT2D eigenvalue weighted by Crippen LogP contribution is -2.49. The van der Waals surface area contributed by atoms with Gasteiger partial charge in [0.2, 0.25) is 0 Å². The minimum atomic E-state index is -0.495. The van der Waals surface area contributed by atoms with Gasteiger partial charge in [-0.3, -0.25) is 9.80 Å². The summed E-state index contributed by atoms with van der Waals surface area (Å²) >= 11 is 5.81. The molecule has 2 N–H and O–H groups in total. The topological polar surface area (TPSA) is 65.4 Å². The smallest absolute Gasteiger partial charge is 0.119 e. The molecule has 0 amide bonds. The second kappa shape index (κ2) is 10.9. The molecule has 0 unspecified atom stereocenters. The Bertz CT molecular complexity index is 452. The lowest BCUT2D eigenvalue weighted by molar-refractivity contribution is -0.000762. The molecule has 1 fully saturated rings. The highest BCUT2D eigenvalue weighted by Gasteiger charge is 2.18. The van der Waals surface area contributed by atoms with Crippen LogP contribution in [0.25, 0.3) is 0 Å². The molecule has 7 heteroatoms. The van der Waals surface area contributed by atoms with Gasteiger partial charge in [0.05, 0.1) is 25.9 Å². The third kappa shape index (κ3) is 7.34. The molecule has 6 nitrogen and oxygen atoms in total. The number of β-amino-alcohol motifs (C(OH)–C–C–N with tert-alkyl or cyclic N) is 2. The van der Waals surface area contributed by atoms with E-state index in [0.717, 1.165) is 38.5 Å². The number of ether oxygens (including phenoxy) is 2. The second-order valence-corrected chi connectivity index (χ2v) is 6.33. The molecule has 1 aliphatic heterocycles. The van der Waals surface area contributed by atoms with Gasteiger partial charge in [0.1, 0.15) is 12.4 Å². The number of aliphatic hydroxyl groups is 2.